The van der Waals surface area contributed by atoms with Gasteiger partial charge in [0.1, 0.15) is 11.3 Å². The highest BCUT2D eigenvalue weighted by Crippen LogP contribution is 2.33. The maximum Gasteiger partial charge on any atom is 0.336 e. The van der Waals surface area contributed by atoms with Gasteiger partial charge in [-0.3, -0.25) is 9.59 Å². The van der Waals surface area contributed by atoms with Crippen molar-refractivity contribution in [2.75, 3.05) is 6.54 Å². The van der Waals surface area contributed by atoms with Crippen LogP contribution < -0.4 is 15.7 Å². The fourth-order valence-electron chi connectivity index (χ4n) is 4.57. The number of carboxylic acid groups (broad SMARTS) is 1. The first kappa shape index (κ1) is 23.5. The van der Waals surface area contributed by atoms with Crippen LogP contribution in [0.4, 0.5) is 0 Å². The van der Waals surface area contributed by atoms with E-state index >= 15 is 0 Å². The molecule has 3 aromatic rings. The molecule has 4 rings (SSSR count). The third-order valence-electron chi connectivity index (χ3n) is 6.63. The molecule has 2 aromatic carbocycles. The number of hydrogen-bond donors (Lipinski definition) is 2. The SMILES string of the molecule is Cc1c(O[C@@H](C)C(=O)NCC2CCC(C(=O)O)CC2)ccc2c(-c3ccccc3)cc(=O)oc12. The van der Waals surface area contributed by atoms with Crippen molar-refractivity contribution in [3.63, 3.8) is 0 Å². The number of fused-ring (bicyclic) bond motifs is 1. The van der Waals surface area contributed by atoms with E-state index in [1.807, 2.05) is 36.4 Å². The Hall–Kier alpha value is -3.61. The summed E-state index contributed by atoms with van der Waals surface area (Å²) in [5.41, 5.74) is 2.34. The number of rotatable bonds is 7. The summed E-state index contributed by atoms with van der Waals surface area (Å²) in [4.78, 5) is 36.0. The van der Waals surface area contributed by atoms with E-state index in [1.165, 1.54) is 6.07 Å². The first-order valence-corrected chi connectivity index (χ1v) is 11.6. The molecule has 7 nitrogen and oxygen atoms in total. The molecule has 0 saturated heterocycles. The summed E-state index contributed by atoms with van der Waals surface area (Å²) < 4.78 is 11.4. The van der Waals surface area contributed by atoms with Crippen LogP contribution in [0.1, 0.15) is 38.2 Å². The number of nitrogens with one attached hydrogen (secondary N) is 1. The topological polar surface area (TPSA) is 106 Å². The molecule has 1 aromatic heterocycles. The van der Waals surface area contributed by atoms with Gasteiger partial charge in [-0.2, -0.15) is 0 Å². The maximum atomic E-state index is 12.6. The third kappa shape index (κ3) is 5.14. The molecule has 2 N–H and O–H groups in total. The molecular formula is C27H29NO6. The molecule has 1 amide bonds. The van der Waals surface area contributed by atoms with Crippen molar-refractivity contribution in [1.82, 2.24) is 5.32 Å². The lowest BCUT2D eigenvalue weighted by atomic mass is 9.82. The lowest BCUT2D eigenvalue weighted by molar-refractivity contribution is -0.143. The van der Waals surface area contributed by atoms with E-state index < -0.39 is 17.7 Å². The van der Waals surface area contributed by atoms with Gasteiger partial charge in [0.05, 0.1) is 5.92 Å². The van der Waals surface area contributed by atoms with Crippen molar-refractivity contribution in [2.24, 2.45) is 11.8 Å². The molecule has 1 aliphatic carbocycles. The van der Waals surface area contributed by atoms with E-state index in [4.69, 9.17) is 14.3 Å². The molecule has 34 heavy (non-hydrogen) atoms. The Balaban J connectivity index is 1.45. The summed E-state index contributed by atoms with van der Waals surface area (Å²) in [5.74, 6) is -0.487. The molecule has 1 aliphatic rings. The highest BCUT2D eigenvalue weighted by atomic mass is 16.5. The second-order valence-corrected chi connectivity index (χ2v) is 8.97. The maximum absolute atomic E-state index is 12.6. The Kier molecular flexibility index (Phi) is 7.01. The number of amides is 1. The molecule has 0 spiro atoms. The number of aliphatic carboxylic acids is 1. The van der Waals surface area contributed by atoms with E-state index in [9.17, 15) is 14.4 Å². The highest BCUT2D eigenvalue weighted by molar-refractivity contribution is 5.95. The van der Waals surface area contributed by atoms with Gasteiger partial charge in [0.25, 0.3) is 5.91 Å². The number of carbonyl (C=O) groups excluding carboxylic acids is 1. The van der Waals surface area contributed by atoms with E-state index in [1.54, 1.807) is 19.9 Å². The van der Waals surface area contributed by atoms with Crippen molar-refractivity contribution in [3.8, 4) is 16.9 Å². The number of aryl methyl sites for hydroxylation is 1. The van der Waals surface area contributed by atoms with Crippen LogP contribution in [0.15, 0.2) is 57.7 Å². The van der Waals surface area contributed by atoms with E-state index in [2.05, 4.69) is 5.32 Å². The quantitative estimate of drug-likeness (QED) is 0.498. The standard InChI is InChI=1S/C27H29NO6/c1-16-23(33-17(2)26(30)28-15-18-8-10-20(11-9-18)27(31)32)13-12-21-22(14-24(29)34-25(16)21)19-6-4-3-5-7-19/h3-7,12-14,17-18,20H,8-11,15H2,1-2H3,(H,28,30)(H,31,32)/t17-,18?,20?/m0/s1. The van der Waals surface area contributed by atoms with Crippen molar-refractivity contribution in [1.29, 1.82) is 0 Å². The number of carboxylic acids is 1. The van der Waals surface area contributed by atoms with E-state index in [-0.39, 0.29) is 17.7 Å². The Labute approximate surface area is 197 Å². The number of benzene rings is 2. The van der Waals surface area contributed by atoms with E-state index in [0.29, 0.717) is 36.3 Å². The number of carbonyl (C=O) groups is 2. The summed E-state index contributed by atoms with van der Waals surface area (Å²) >= 11 is 0. The lowest BCUT2D eigenvalue weighted by Crippen LogP contribution is -2.39. The average molecular weight is 464 g/mol. The lowest BCUT2D eigenvalue weighted by Gasteiger charge is -2.26. The van der Waals surface area contributed by atoms with Crippen LogP contribution in [-0.4, -0.2) is 29.6 Å². The molecule has 1 saturated carbocycles. The van der Waals surface area contributed by atoms with Crippen LogP contribution >= 0.6 is 0 Å². The smallest absolute Gasteiger partial charge is 0.336 e. The van der Waals surface area contributed by atoms with Gasteiger partial charge in [0.2, 0.25) is 0 Å². The second-order valence-electron chi connectivity index (χ2n) is 8.97. The van der Waals surface area contributed by atoms with Crippen LogP contribution in [0.3, 0.4) is 0 Å². The molecule has 0 unspecified atom stereocenters. The van der Waals surface area contributed by atoms with Gasteiger partial charge in [-0.05, 0) is 68.7 Å². The van der Waals surface area contributed by atoms with Crippen molar-refractivity contribution in [2.45, 2.75) is 45.6 Å². The third-order valence-corrected chi connectivity index (χ3v) is 6.63. The molecule has 1 fully saturated rings. The first-order valence-electron chi connectivity index (χ1n) is 11.6. The van der Waals surface area contributed by atoms with E-state index in [0.717, 1.165) is 29.4 Å². The zero-order valence-electron chi connectivity index (χ0n) is 19.4. The Morgan fingerprint density at radius 3 is 2.50 bits per heavy atom. The van der Waals surface area contributed by atoms with Gasteiger partial charge in [0.15, 0.2) is 6.10 Å². The number of ether oxygens (including phenoxy) is 1. The molecule has 0 bridgehead atoms. The Morgan fingerprint density at radius 2 is 1.82 bits per heavy atom. The molecule has 1 atom stereocenters. The summed E-state index contributed by atoms with van der Waals surface area (Å²) in [6, 6.07) is 14.7. The summed E-state index contributed by atoms with van der Waals surface area (Å²) in [7, 11) is 0. The van der Waals surface area contributed by atoms with Crippen molar-refractivity contribution >= 4 is 22.8 Å². The highest BCUT2D eigenvalue weighted by Gasteiger charge is 2.27. The van der Waals surface area contributed by atoms with Gasteiger partial charge in [-0.15, -0.1) is 0 Å². The Morgan fingerprint density at radius 1 is 1.12 bits per heavy atom. The minimum absolute atomic E-state index is 0.237. The van der Waals surface area contributed by atoms with Crippen LogP contribution in [0.25, 0.3) is 22.1 Å². The van der Waals surface area contributed by atoms with Crippen LogP contribution in [0.2, 0.25) is 0 Å². The van der Waals surface area contributed by atoms with Gasteiger partial charge >= 0.3 is 11.6 Å². The molecule has 1 heterocycles. The molecule has 7 heteroatoms. The van der Waals surface area contributed by atoms with Crippen molar-refractivity contribution < 1.29 is 23.8 Å². The predicted molar refractivity (Wildman–Crippen MR) is 129 cm³/mol. The zero-order valence-corrected chi connectivity index (χ0v) is 19.4. The van der Waals surface area contributed by atoms with Crippen LogP contribution in [0, 0.1) is 18.8 Å². The Bertz CT molecular complexity index is 1240. The average Bonchev–Trinajstić information content (AvgIpc) is 2.84. The predicted octanol–water partition coefficient (Wildman–Crippen LogP) is 4.54. The minimum Gasteiger partial charge on any atom is -0.481 e. The fourth-order valence-corrected chi connectivity index (χ4v) is 4.57. The molecule has 0 radical (unpaired) electrons. The van der Waals surface area contributed by atoms with Gasteiger partial charge in [-0.1, -0.05) is 30.3 Å². The van der Waals surface area contributed by atoms with Crippen LogP contribution in [-0.2, 0) is 9.59 Å². The second kappa shape index (κ2) is 10.1. The molecule has 0 aliphatic heterocycles. The summed E-state index contributed by atoms with van der Waals surface area (Å²) in [6.07, 6.45) is 2.14. The van der Waals surface area contributed by atoms with Gasteiger partial charge in [0, 0.05) is 23.6 Å². The molecular weight excluding hydrogens is 434 g/mol. The normalized spacial score (nSPS) is 18.9. The summed E-state index contributed by atoms with van der Waals surface area (Å²) in [6.45, 7) is 3.99. The fraction of sp³-hybridized carbons (Fsp3) is 0.370. The van der Waals surface area contributed by atoms with Gasteiger partial charge in [-0.25, -0.2) is 4.79 Å². The monoisotopic (exact) mass is 463 g/mol. The zero-order chi connectivity index (χ0) is 24.2. The minimum atomic E-state index is -0.740. The first-order chi connectivity index (χ1) is 16.3. The number of hydrogen-bond acceptors (Lipinski definition) is 5. The van der Waals surface area contributed by atoms with Gasteiger partial charge < -0.3 is 19.6 Å². The van der Waals surface area contributed by atoms with Crippen molar-refractivity contribution in [3.05, 3.63) is 64.5 Å². The van der Waals surface area contributed by atoms with Crippen LogP contribution in [0.5, 0.6) is 5.75 Å². The largest absolute Gasteiger partial charge is 0.481 e. The summed E-state index contributed by atoms with van der Waals surface area (Å²) in [5, 5.41) is 12.8. The molecule has 178 valence electrons.